The summed E-state index contributed by atoms with van der Waals surface area (Å²) in [6.45, 7) is 6.14. The van der Waals surface area contributed by atoms with E-state index in [2.05, 4.69) is 5.32 Å². The summed E-state index contributed by atoms with van der Waals surface area (Å²) in [6, 6.07) is 0. The second kappa shape index (κ2) is 6.51. The lowest BCUT2D eigenvalue weighted by molar-refractivity contribution is -0.135. The lowest BCUT2D eigenvalue weighted by atomic mass is 9.95. The molecular formula is C12H22N2O2. The highest BCUT2D eigenvalue weighted by Gasteiger charge is 2.26. The molecule has 0 atom stereocenters. The number of hydrogen-bond acceptors (Lipinski definition) is 2. The standard InChI is InChI=1S/C12H22N2O2/c1-3-7-13-12(16)10-5-8-14(9-6-10)11(15)4-2/h10H,3-9H2,1-2H3,(H,13,16). The van der Waals surface area contributed by atoms with Crippen LogP contribution in [0, 0.1) is 5.92 Å². The van der Waals surface area contributed by atoms with Crippen LogP contribution in [0.2, 0.25) is 0 Å². The van der Waals surface area contributed by atoms with Crippen molar-refractivity contribution in [3.63, 3.8) is 0 Å². The molecule has 1 N–H and O–H groups in total. The predicted molar refractivity (Wildman–Crippen MR) is 62.9 cm³/mol. The first kappa shape index (κ1) is 13.0. The first-order valence-corrected chi connectivity index (χ1v) is 6.24. The van der Waals surface area contributed by atoms with Crippen molar-refractivity contribution in [2.24, 2.45) is 5.92 Å². The van der Waals surface area contributed by atoms with E-state index in [1.54, 1.807) is 0 Å². The SMILES string of the molecule is CCCNC(=O)C1CCN(C(=O)CC)CC1. The molecule has 0 aromatic rings. The van der Waals surface area contributed by atoms with Crippen LogP contribution < -0.4 is 5.32 Å². The van der Waals surface area contributed by atoms with Crippen molar-refractivity contribution < 1.29 is 9.59 Å². The Balaban J connectivity index is 2.31. The van der Waals surface area contributed by atoms with Crippen molar-refractivity contribution in [3.05, 3.63) is 0 Å². The Morgan fingerprint density at radius 1 is 1.25 bits per heavy atom. The van der Waals surface area contributed by atoms with Crippen LogP contribution in [0.4, 0.5) is 0 Å². The molecule has 0 spiro atoms. The maximum absolute atomic E-state index is 11.7. The second-order valence-corrected chi connectivity index (χ2v) is 4.30. The molecule has 0 aliphatic carbocycles. The molecular weight excluding hydrogens is 204 g/mol. The van der Waals surface area contributed by atoms with Gasteiger partial charge in [0, 0.05) is 32.0 Å². The van der Waals surface area contributed by atoms with Crippen molar-refractivity contribution in [1.82, 2.24) is 10.2 Å². The molecule has 1 rings (SSSR count). The summed E-state index contributed by atoms with van der Waals surface area (Å²) in [5.41, 5.74) is 0. The Morgan fingerprint density at radius 2 is 1.88 bits per heavy atom. The van der Waals surface area contributed by atoms with Gasteiger partial charge in [0.25, 0.3) is 0 Å². The Hall–Kier alpha value is -1.06. The third-order valence-electron chi connectivity index (χ3n) is 3.07. The van der Waals surface area contributed by atoms with Gasteiger partial charge in [-0.2, -0.15) is 0 Å². The molecule has 92 valence electrons. The molecule has 4 nitrogen and oxygen atoms in total. The van der Waals surface area contributed by atoms with Gasteiger partial charge >= 0.3 is 0 Å². The summed E-state index contributed by atoms with van der Waals surface area (Å²) in [7, 11) is 0. The van der Waals surface area contributed by atoms with Gasteiger partial charge in [0.1, 0.15) is 0 Å². The van der Waals surface area contributed by atoms with Gasteiger partial charge in [-0.15, -0.1) is 0 Å². The Kier molecular flexibility index (Phi) is 5.29. The quantitative estimate of drug-likeness (QED) is 0.782. The van der Waals surface area contributed by atoms with Crippen molar-refractivity contribution >= 4 is 11.8 Å². The number of carbonyl (C=O) groups is 2. The second-order valence-electron chi connectivity index (χ2n) is 4.30. The van der Waals surface area contributed by atoms with E-state index < -0.39 is 0 Å². The largest absolute Gasteiger partial charge is 0.356 e. The van der Waals surface area contributed by atoms with E-state index in [0.717, 1.165) is 38.9 Å². The molecule has 16 heavy (non-hydrogen) atoms. The average Bonchev–Trinajstić information content (AvgIpc) is 2.35. The molecule has 1 aliphatic heterocycles. The Bertz CT molecular complexity index is 245. The summed E-state index contributed by atoms with van der Waals surface area (Å²) in [4.78, 5) is 25.0. The molecule has 1 heterocycles. The third-order valence-corrected chi connectivity index (χ3v) is 3.07. The number of nitrogens with one attached hydrogen (secondary N) is 1. The van der Waals surface area contributed by atoms with Crippen molar-refractivity contribution in [2.75, 3.05) is 19.6 Å². The lowest BCUT2D eigenvalue weighted by Gasteiger charge is -2.31. The van der Waals surface area contributed by atoms with Gasteiger partial charge in [0.2, 0.25) is 11.8 Å². The van der Waals surface area contributed by atoms with Gasteiger partial charge in [0.15, 0.2) is 0 Å². The van der Waals surface area contributed by atoms with E-state index in [0.29, 0.717) is 6.42 Å². The number of hydrogen-bond donors (Lipinski definition) is 1. The van der Waals surface area contributed by atoms with E-state index in [1.807, 2.05) is 18.7 Å². The Morgan fingerprint density at radius 3 is 2.38 bits per heavy atom. The summed E-state index contributed by atoms with van der Waals surface area (Å²) in [5.74, 6) is 0.463. The third kappa shape index (κ3) is 3.51. The fraction of sp³-hybridized carbons (Fsp3) is 0.833. The van der Waals surface area contributed by atoms with Crippen LogP contribution in [-0.4, -0.2) is 36.3 Å². The molecule has 0 unspecified atom stereocenters. The van der Waals surface area contributed by atoms with E-state index in [4.69, 9.17) is 0 Å². The van der Waals surface area contributed by atoms with Crippen LogP contribution in [0.1, 0.15) is 39.5 Å². The summed E-state index contributed by atoms with van der Waals surface area (Å²) >= 11 is 0. The zero-order valence-corrected chi connectivity index (χ0v) is 10.3. The number of nitrogens with zero attached hydrogens (tertiary/aromatic N) is 1. The number of amides is 2. The van der Waals surface area contributed by atoms with Gasteiger partial charge < -0.3 is 10.2 Å². The van der Waals surface area contributed by atoms with Crippen molar-refractivity contribution in [1.29, 1.82) is 0 Å². The zero-order valence-electron chi connectivity index (χ0n) is 10.3. The van der Waals surface area contributed by atoms with Crippen LogP contribution in [0.3, 0.4) is 0 Å². The van der Waals surface area contributed by atoms with Gasteiger partial charge in [0.05, 0.1) is 0 Å². The molecule has 0 saturated carbocycles. The summed E-state index contributed by atoms with van der Waals surface area (Å²) in [5, 5.41) is 2.92. The van der Waals surface area contributed by atoms with E-state index in [1.165, 1.54) is 0 Å². The minimum atomic E-state index is 0.104. The fourth-order valence-corrected chi connectivity index (χ4v) is 2.01. The molecule has 1 fully saturated rings. The van der Waals surface area contributed by atoms with E-state index in [-0.39, 0.29) is 17.7 Å². The molecule has 0 aromatic carbocycles. The van der Waals surface area contributed by atoms with Gasteiger partial charge in [-0.1, -0.05) is 13.8 Å². The number of likely N-dealkylation sites (tertiary alicyclic amines) is 1. The molecule has 4 heteroatoms. The van der Waals surface area contributed by atoms with Crippen LogP contribution in [0.25, 0.3) is 0 Å². The van der Waals surface area contributed by atoms with Crippen LogP contribution in [0.5, 0.6) is 0 Å². The lowest BCUT2D eigenvalue weighted by Crippen LogP contribution is -2.42. The first-order chi connectivity index (χ1) is 7.69. The smallest absolute Gasteiger partial charge is 0.223 e. The summed E-state index contributed by atoms with van der Waals surface area (Å²) in [6.07, 6.45) is 3.15. The zero-order chi connectivity index (χ0) is 12.0. The average molecular weight is 226 g/mol. The van der Waals surface area contributed by atoms with Gasteiger partial charge in [-0.25, -0.2) is 0 Å². The molecule has 0 bridgehead atoms. The predicted octanol–water partition coefficient (Wildman–Crippen LogP) is 1.16. The highest BCUT2D eigenvalue weighted by atomic mass is 16.2. The molecule has 0 radical (unpaired) electrons. The monoisotopic (exact) mass is 226 g/mol. The summed E-state index contributed by atoms with van der Waals surface area (Å²) < 4.78 is 0. The maximum atomic E-state index is 11.7. The Labute approximate surface area is 97.4 Å². The first-order valence-electron chi connectivity index (χ1n) is 6.24. The number of rotatable bonds is 4. The van der Waals surface area contributed by atoms with E-state index >= 15 is 0 Å². The minimum absolute atomic E-state index is 0.104. The minimum Gasteiger partial charge on any atom is -0.356 e. The van der Waals surface area contributed by atoms with E-state index in [9.17, 15) is 9.59 Å². The number of piperidine rings is 1. The van der Waals surface area contributed by atoms with Gasteiger partial charge in [-0.3, -0.25) is 9.59 Å². The molecule has 1 saturated heterocycles. The van der Waals surface area contributed by atoms with Crippen molar-refractivity contribution in [2.45, 2.75) is 39.5 Å². The molecule has 2 amide bonds. The fourth-order valence-electron chi connectivity index (χ4n) is 2.01. The molecule has 1 aliphatic rings. The highest BCUT2D eigenvalue weighted by Crippen LogP contribution is 2.17. The number of carbonyl (C=O) groups excluding carboxylic acids is 2. The van der Waals surface area contributed by atoms with Crippen LogP contribution in [-0.2, 0) is 9.59 Å². The van der Waals surface area contributed by atoms with Crippen LogP contribution >= 0.6 is 0 Å². The normalized spacial score (nSPS) is 17.2. The molecule has 0 aromatic heterocycles. The maximum Gasteiger partial charge on any atom is 0.223 e. The topological polar surface area (TPSA) is 49.4 Å². The highest BCUT2D eigenvalue weighted by molar-refractivity contribution is 5.80. The van der Waals surface area contributed by atoms with Crippen LogP contribution in [0.15, 0.2) is 0 Å². The van der Waals surface area contributed by atoms with Crippen molar-refractivity contribution in [3.8, 4) is 0 Å². The van der Waals surface area contributed by atoms with Gasteiger partial charge in [-0.05, 0) is 19.3 Å².